The van der Waals surface area contributed by atoms with Crippen molar-refractivity contribution in [2.24, 2.45) is 15.4 Å². The summed E-state index contributed by atoms with van der Waals surface area (Å²) in [5, 5.41) is 44.5. The Labute approximate surface area is 436 Å². The number of aliphatic carboxylic acids is 1. The molecule has 0 heterocycles. The number of carboxylic acids is 1. The lowest BCUT2D eigenvalue weighted by Gasteiger charge is -2.34. The van der Waals surface area contributed by atoms with E-state index in [2.05, 4.69) is 37.2 Å². The minimum absolute atomic E-state index is 0.0130. The van der Waals surface area contributed by atoms with Crippen LogP contribution in [0.2, 0.25) is 0 Å². The second-order valence-electron chi connectivity index (χ2n) is 16.9. The number of anilines is 2. The van der Waals surface area contributed by atoms with Crippen LogP contribution in [0.4, 0.5) is 11.4 Å². The Morgan fingerprint density at radius 2 is 0.787 bits per heavy atom. The summed E-state index contributed by atoms with van der Waals surface area (Å²) in [7, 11) is -11.6. The van der Waals surface area contributed by atoms with Crippen molar-refractivity contribution in [3.63, 3.8) is 0 Å². The first-order chi connectivity index (χ1) is 35.5. The van der Waals surface area contributed by atoms with Crippen molar-refractivity contribution in [3.8, 4) is 0 Å². The van der Waals surface area contributed by atoms with Crippen LogP contribution in [0.25, 0.3) is 0 Å². The van der Waals surface area contributed by atoms with Gasteiger partial charge in [-0.25, -0.2) is 40.7 Å². The Hall–Kier alpha value is -6.31. The van der Waals surface area contributed by atoms with Crippen molar-refractivity contribution in [3.05, 3.63) is 78.4 Å². The fourth-order valence-electron chi connectivity index (χ4n) is 6.59. The number of rotatable bonds is 38. The number of carboxylic acid groups (broad SMARTS) is 1. The maximum Gasteiger partial charge on any atom is 0.303 e. The van der Waals surface area contributed by atoms with Crippen LogP contribution in [0.15, 0.2) is 87.5 Å². The number of carbonyl (C=O) groups excluding carboxylic acids is 5. The van der Waals surface area contributed by atoms with Crippen molar-refractivity contribution in [2.45, 2.75) is 78.0 Å². The second-order valence-corrected chi connectivity index (χ2v) is 21.6. The van der Waals surface area contributed by atoms with Crippen LogP contribution in [0.3, 0.4) is 0 Å². The lowest BCUT2D eigenvalue weighted by Crippen LogP contribution is -2.58. The highest BCUT2D eigenvalue weighted by Gasteiger charge is 2.34. The highest BCUT2D eigenvalue weighted by molar-refractivity contribution is 7.89. The minimum Gasteiger partial charge on any atom is -0.481 e. The van der Waals surface area contributed by atoms with E-state index in [-0.39, 0.29) is 123 Å². The Morgan fingerprint density at radius 3 is 1.15 bits per heavy atom. The number of carbonyl (C=O) groups is 6. The predicted octanol–water partition coefficient (Wildman–Crippen LogP) is -0.568. The molecule has 0 spiro atoms. The third-order valence-corrected chi connectivity index (χ3v) is 13.3. The van der Waals surface area contributed by atoms with E-state index >= 15 is 0 Å². The molecule has 29 heteroatoms. The van der Waals surface area contributed by atoms with Crippen LogP contribution in [-0.2, 0) is 68.3 Å². The van der Waals surface area contributed by atoms with Crippen molar-refractivity contribution in [1.29, 1.82) is 0 Å². The topological polar surface area (TPSA) is 415 Å². The molecule has 0 aliphatic rings. The molecule has 75 heavy (non-hydrogen) atoms. The summed E-state index contributed by atoms with van der Waals surface area (Å²) in [5.41, 5.74) is 0.0782. The molecule has 0 unspecified atom stereocenters. The van der Waals surface area contributed by atoms with Gasteiger partial charge in [0.1, 0.15) is 5.54 Å². The molecule has 14 N–H and O–H groups in total. The normalized spacial score (nSPS) is 11.8. The first-order valence-corrected chi connectivity index (χ1v) is 28.3. The lowest BCUT2D eigenvalue weighted by atomic mass is 10.0. The molecule has 26 nitrogen and oxygen atoms in total. The number of nitrogens with one attached hydrogen (secondary N) is 7. The van der Waals surface area contributed by atoms with E-state index in [1.54, 1.807) is 24.3 Å². The number of amides is 5. The number of ether oxygens (including phenoxy) is 3. The number of benzene rings is 3. The molecule has 3 aromatic carbocycles. The fraction of sp³-hybridized carbons (Fsp3) is 0.478. The van der Waals surface area contributed by atoms with Gasteiger partial charge in [0.25, 0.3) is 5.91 Å². The first-order valence-electron chi connectivity index (χ1n) is 23.7. The monoisotopic (exact) mass is 1110 g/mol. The third kappa shape index (κ3) is 26.7. The van der Waals surface area contributed by atoms with Crippen LogP contribution in [0, 0.1) is 0 Å². The largest absolute Gasteiger partial charge is 0.481 e. The van der Waals surface area contributed by atoms with Gasteiger partial charge in [0.2, 0.25) is 53.7 Å². The van der Waals surface area contributed by atoms with E-state index in [9.17, 15) is 54.0 Å². The van der Waals surface area contributed by atoms with Gasteiger partial charge in [-0.15, -0.1) is 0 Å². The molecule has 0 atom stereocenters. The van der Waals surface area contributed by atoms with Crippen LogP contribution < -0.4 is 52.6 Å². The average Bonchev–Trinajstić information content (AvgIpc) is 3.34. The molecule has 416 valence electrons. The molecule has 0 radical (unpaired) electrons. The van der Waals surface area contributed by atoms with E-state index < -0.39 is 59.3 Å². The van der Waals surface area contributed by atoms with Crippen LogP contribution in [-0.4, -0.2) is 150 Å². The summed E-state index contributed by atoms with van der Waals surface area (Å²) in [6.07, 6.45) is 0.679. The van der Waals surface area contributed by atoms with Gasteiger partial charge in [0.15, 0.2) is 0 Å². The minimum atomic E-state index is -3.92. The van der Waals surface area contributed by atoms with Gasteiger partial charge >= 0.3 is 5.97 Å². The van der Waals surface area contributed by atoms with Gasteiger partial charge in [0.05, 0.1) is 54.3 Å². The first kappa shape index (κ1) is 63.0. The molecule has 0 saturated heterocycles. The Morgan fingerprint density at radius 1 is 0.440 bits per heavy atom. The van der Waals surface area contributed by atoms with Gasteiger partial charge in [-0.3, -0.25) is 28.8 Å². The Bertz CT molecular complexity index is 2560. The maximum atomic E-state index is 13.3. The molecule has 0 aliphatic heterocycles. The van der Waals surface area contributed by atoms with Gasteiger partial charge in [-0.05, 0) is 98.5 Å². The molecule has 0 aromatic heterocycles. The van der Waals surface area contributed by atoms with Crippen molar-refractivity contribution >= 4 is 76.9 Å². The van der Waals surface area contributed by atoms with E-state index in [1.165, 1.54) is 48.5 Å². The van der Waals surface area contributed by atoms with E-state index in [4.69, 9.17) is 34.7 Å². The van der Waals surface area contributed by atoms with E-state index in [1.807, 2.05) is 0 Å². The standard InChI is InChI=1S/C46H68N10O16S3/c47-73(64,65)37-13-7-34(8-14-37)45(63)55-27-4-26-54-42(59)21-30-72-33-46(56-43(60)5-1-6-44(61)62,31-70-28-19-40(57)52-24-2-22-50-35-9-15-38(16-10-35)74(48,66)67)32-71-29-20-41(58)53-25-3-23-51-36-11-17-39(18-12-36)75(49,68)69/h7-18,50-51H,1-6,19-33H2,(H,52,57)(H,53,58)(H,54,59)(H,55,63)(H,56,60)(H,61,62)(H2,47,64,65)(H2,48,66,67)(H2,49,68,69). The van der Waals surface area contributed by atoms with Crippen molar-refractivity contribution in [2.75, 3.05) is 89.5 Å². The van der Waals surface area contributed by atoms with Gasteiger partial charge in [0, 0.05) is 88.3 Å². The van der Waals surface area contributed by atoms with Crippen LogP contribution >= 0.6 is 0 Å². The van der Waals surface area contributed by atoms with Crippen LogP contribution in [0.5, 0.6) is 0 Å². The molecular formula is C46H68N10O16S3. The molecular weight excluding hydrogens is 1040 g/mol. The summed E-state index contributed by atoms with van der Waals surface area (Å²) >= 11 is 0. The second kappa shape index (κ2) is 32.2. The quantitative estimate of drug-likeness (QED) is 0.0320. The average molecular weight is 1110 g/mol. The van der Waals surface area contributed by atoms with Crippen molar-refractivity contribution < 1.29 is 73.3 Å². The molecule has 3 aromatic rings. The Balaban J connectivity index is 1.54. The third-order valence-electron chi connectivity index (χ3n) is 10.5. The highest BCUT2D eigenvalue weighted by atomic mass is 32.2. The number of hydrogen-bond donors (Lipinski definition) is 11. The summed E-state index contributed by atoms with van der Waals surface area (Å²) < 4.78 is 86.6. The molecule has 5 amide bonds. The molecule has 0 aliphatic carbocycles. The van der Waals surface area contributed by atoms with Crippen LogP contribution in [0.1, 0.15) is 68.1 Å². The number of sulfonamides is 3. The predicted molar refractivity (Wildman–Crippen MR) is 274 cm³/mol. The maximum absolute atomic E-state index is 13.3. The summed E-state index contributed by atoms with van der Waals surface area (Å²) in [5.74, 6) is -3.18. The summed E-state index contributed by atoms with van der Waals surface area (Å²) in [6, 6.07) is 16.8. The molecule has 3 rings (SSSR count). The highest BCUT2D eigenvalue weighted by Crippen LogP contribution is 2.15. The SMILES string of the molecule is NS(=O)(=O)c1ccc(NCCCNC(=O)CCOCC(COCCC(=O)NCCCNC(=O)c2ccc(S(N)(=O)=O)cc2)(COCCC(=O)NCCCNc2ccc(S(N)(=O)=O)cc2)NC(=O)CCCC(=O)O)cc1. The zero-order valence-corrected chi connectivity index (χ0v) is 43.8. The Kier molecular flexibility index (Phi) is 27.0. The zero-order valence-electron chi connectivity index (χ0n) is 41.3. The molecule has 0 bridgehead atoms. The van der Waals surface area contributed by atoms with E-state index in [0.29, 0.717) is 56.8 Å². The van der Waals surface area contributed by atoms with Gasteiger partial charge in [-0.2, -0.15) is 0 Å². The van der Waals surface area contributed by atoms with Gasteiger partial charge < -0.3 is 56.5 Å². The fourth-order valence-corrected chi connectivity index (χ4v) is 8.14. The van der Waals surface area contributed by atoms with Gasteiger partial charge in [-0.1, -0.05) is 0 Å². The number of hydrogen-bond acceptors (Lipinski definition) is 17. The summed E-state index contributed by atoms with van der Waals surface area (Å²) in [6.45, 7) is 0.733. The zero-order chi connectivity index (χ0) is 55.3. The lowest BCUT2D eigenvalue weighted by molar-refractivity contribution is -0.137. The smallest absolute Gasteiger partial charge is 0.303 e. The molecule has 0 fully saturated rings. The molecule has 0 saturated carbocycles. The summed E-state index contributed by atoms with van der Waals surface area (Å²) in [4.78, 5) is 74.8. The number of primary sulfonamides is 3. The van der Waals surface area contributed by atoms with E-state index in [0.717, 1.165) is 0 Å². The number of nitrogens with two attached hydrogens (primary N) is 3. The van der Waals surface area contributed by atoms with Crippen molar-refractivity contribution in [1.82, 2.24) is 26.6 Å².